The molecule has 0 rings (SSSR count). The van der Waals surface area contributed by atoms with Gasteiger partial charge in [0, 0.05) is 0 Å². The molecule has 0 aliphatic rings. The molecule has 0 aromatic heterocycles. The molecule has 0 saturated heterocycles. The number of carbonyl (C=O) groups excluding carboxylic acids is 1. The molecule has 0 heterocycles. The number of carbonyl (C=O) groups is 1. The summed E-state index contributed by atoms with van der Waals surface area (Å²) in [5, 5.41) is 11.8. The van der Waals surface area contributed by atoms with E-state index >= 15 is 0 Å². The second kappa shape index (κ2) is 6.16. The third-order valence-electron chi connectivity index (χ3n) is 0.468. The normalized spacial score (nSPS) is 6.88. The Labute approximate surface area is 97.0 Å². The second-order valence-corrected chi connectivity index (χ2v) is 1.03. The average Bonchev–Trinajstić information content (AvgIpc) is 1.65. The molecule has 42 valence electrons. The van der Waals surface area contributed by atoms with E-state index in [4.69, 9.17) is 5.21 Å². The first kappa shape index (κ1) is 11.8. The van der Waals surface area contributed by atoms with Crippen LogP contribution in [0.15, 0.2) is 0 Å². The fourth-order valence-electron chi connectivity index (χ4n) is 0.145. The Balaban J connectivity index is 0. The third kappa shape index (κ3) is 5.18. The minimum Gasteiger partial charge on any atom is -0.433 e. The molecule has 5 heteroatoms. The van der Waals surface area contributed by atoms with Crippen LogP contribution in [-0.2, 0) is 0 Å². The predicted octanol–water partition coefficient (Wildman–Crippen LogP) is -2.57. The minimum absolute atomic E-state index is 0. The van der Waals surface area contributed by atoms with Crippen LogP contribution in [0.2, 0.25) is 0 Å². The van der Waals surface area contributed by atoms with Gasteiger partial charge in [-0.1, -0.05) is 7.05 Å². The summed E-state index contributed by atoms with van der Waals surface area (Å²) >= 11 is 0. The van der Waals surface area contributed by atoms with Crippen LogP contribution in [0.25, 0.3) is 5.32 Å². The van der Waals surface area contributed by atoms with E-state index in [2.05, 4.69) is 5.32 Å². The minimum atomic E-state index is -0.639. The molecule has 0 fully saturated rings. The molecule has 0 saturated carbocycles. The smallest absolute Gasteiger partial charge is 0.433 e. The molecule has 0 unspecified atom stereocenters. The van der Waals surface area contributed by atoms with Crippen molar-refractivity contribution >= 4 is 6.03 Å². The second-order valence-electron chi connectivity index (χ2n) is 1.03. The molecule has 0 bridgehead atoms. The summed E-state index contributed by atoms with van der Waals surface area (Å²) in [6.45, 7) is 0. The first-order valence-electron chi connectivity index (χ1n) is 1.75. The summed E-state index contributed by atoms with van der Waals surface area (Å²) < 4.78 is 0. The van der Waals surface area contributed by atoms with Gasteiger partial charge in [-0.2, -0.15) is 0 Å². The van der Waals surface area contributed by atoms with E-state index in [0.717, 1.165) is 0 Å². The summed E-state index contributed by atoms with van der Waals surface area (Å²) in [6.07, 6.45) is 0. The number of rotatable bonds is 0. The van der Waals surface area contributed by atoms with Crippen molar-refractivity contribution in [3.63, 3.8) is 0 Å². The SMILES string of the molecule is C[N-]C(=O)N(C)O.[Rb+]. The number of urea groups is 1. The Kier molecular flexibility index (Phi) is 9.07. The Morgan fingerprint density at radius 1 is 1.75 bits per heavy atom. The van der Waals surface area contributed by atoms with Crippen molar-refractivity contribution in [1.82, 2.24) is 5.06 Å². The van der Waals surface area contributed by atoms with Gasteiger partial charge in [0.05, 0.1) is 0 Å². The Hall–Kier alpha value is 1.04. The van der Waals surface area contributed by atoms with Gasteiger partial charge in [0.2, 0.25) is 0 Å². The van der Waals surface area contributed by atoms with E-state index in [1.165, 1.54) is 14.1 Å². The van der Waals surface area contributed by atoms with Gasteiger partial charge in [-0.05, 0) is 7.05 Å². The molecule has 0 radical (unpaired) electrons. The zero-order valence-electron chi connectivity index (χ0n) is 5.25. The maximum atomic E-state index is 10.0. The molecule has 1 N–H and O–H groups in total. The van der Waals surface area contributed by atoms with Crippen molar-refractivity contribution in [3.05, 3.63) is 5.32 Å². The van der Waals surface area contributed by atoms with Gasteiger partial charge in [-0.25, -0.2) is 0 Å². The molecule has 2 amide bonds. The topological polar surface area (TPSA) is 54.6 Å². The quantitative estimate of drug-likeness (QED) is 0.336. The third-order valence-corrected chi connectivity index (χ3v) is 0.468. The van der Waals surface area contributed by atoms with Crippen LogP contribution in [0.1, 0.15) is 0 Å². The molecule has 0 aliphatic carbocycles. The maximum Gasteiger partial charge on any atom is 1.00 e. The molecule has 4 nitrogen and oxygen atoms in total. The van der Waals surface area contributed by atoms with Gasteiger partial charge >= 0.3 is 58.2 Å². The van der Waals surface area contributed by atoms with Crippen LogP contribution < -0.4 is 58.2 Å². The molecular weight excluding hydrogens is 182 g/mol. The van der Waals surface area contributed by atoms with Crippen molar-refractivity contribution in [3.8, 4) is 0 Å². The maximum absolute atomic E-state index is 10.0. The summed E-state index contributed by atoms with van der Waals surface area (Å²) in [4.78, 5) is 10.0. The van der Waals surface area contributed by atoms with Gasteiger partial charge in [0.15, 0.2) is 6.03 Å². The monoisotopic (exact) mass is 188 g/mol. The summed E-state index contributed by atoms with van der Waals surface area (Å²) in [5.74, 6) is 0. The van der Waals surface area contributed by atoms with Crippen molar-refractivity contribution in [1.29, 1.82) is 0 Å². The molecule has 8 heavy (non-hydrogen) atoms. The van der Waals surface area contributed by atoms with Gasteiger partial charge in [-0.15, -0.1) is 0 Å². The summed E-state index contributed by atoms with van der Waals surface area (Å²) in [6, 6.07) is -0.639. The molecule has 0 aliphatic heterocycles. The Morgan fingerprint density at radius 2 is 2.12 bits per heavy atom. The van der Waals surface area contributed by atoms with E-state index in [0.29, 0.717) is 5.06 Å². The summed E-state index contributed by atoms with van der Waals surface area (Å²) in [5.41, 5.74) is 0. The van der Waals surface area contributed by atoms with Crippen LogP contribution in [0.4, 0.5) is 4.79 Å². The van der Waals surface area contributed by atoms with Crippen LogP contribution >= 0.6 is 0 Å². The zero-order valence-corrected chi connectivity index (χ0v) is 10.2. The van der Waals surface area contributed by atoms with E-state index in [-0.39, 0.29) is 58.2 Å². The van der Waals surface area contributed by atoms with E-state index in [1.54, 1.807) is 0 Å². The number of nitrogens with zero attached hydrogens (tertiary/aromatic N) is 2. The van der Waals surface area contributed by atoms with Crippen LogP contribution in [0.5, 0.6) is 0 Å². The molecule has 0 spiro atoms. The van der Waals surface area contributed by atoms with Crippen molar-refractivity contribution in [2.75, 3.05) is 14.1 Å². The Bertz CT molecular complexity index is 75.7. The van der Waals surface area contributed by atoms with Gasteiger partial charge in [0.25, 0.3) is 0 Å². The fourth-order valence-corrected chi connectivity index (χ4v) is 0.145. The number of hydrogen-bond donors (Lipinski definition) is 1. The first-order chi connectivity index (χ1) is 3.18. The van der Waals surface area contributed by atoms with E-state index in [9.17, 15) is 4.79 Å². The van der Waals surface area contributed by atoms with Crippen molar-refractivity contribution in [2.24, 2.45) is 0 Å². The molecule has 0 aromatic rings. The standard InChI is InChI=1S/C3H8N2O2.Rb/c1-4-3(6)5(2)7;/h7H,1-2H3,(H,4,6);/q;+1/p-1. The van der Waals surface area contributed by atoms with Crippen LogP contribution in [0.3, 0.4) is 0 Å². The predicted molar refractivity (Wildman–Crippen MR) is 24.2 cm³/mol. The summed E-state index contributed by atoms with van der Waals surface area (Å²) in [7, 11) is 2.53. The Morgan fingerprint density at radius 3 is 2.12 bits per heavy atom. The van der Waals surface area contributed by atoms with Crippen molar-refractivity contribution < 1.29 is 68.2 Å². The number of hydroxylamine groups is 2. The van der Waals surface area contributed by atoms with E-state index < -0.39 is 6.03 Å². The average molecular weight is 189 g/mol. The largest absolute Gasteiger partial charge is 1.00 e. The molecule has 0 atom stereocenters. The van der Waals surface area contributed by atoms with Crippen LogP contribution in [0, 0.1) is 0 Å². The van der Waals surface area contributed by atoms with Gasteiger partial charge < -0.3 is 15.6 Å². The zero-order chi connectivity index (χ0) is 5.86. The van der Waals surface area contributed by atoms with Crippen LogP contribution in [-0.4, -0.2) is 30.4 Å². The van der Waals surface area contributed by atoms with E-state index in [1.807, 2.05) is 0 Å². The number of amides is 2. The van der Waals surface area contributed by atoms with Gasteiger partial charge in [-0.3, -0.25) is 4.79 Å². The van der Waals surface area contributed by atoms with Crippen molar-refractivity contribution in [2.45, 2.75) is 0 Å². The molecule has 0 aromatic carbocycles. The molecular formula is C3H7N2O2Rb. The van der Waals surface area contributed by atoms with Gasteiger partial charge in [0.1, 0.15) is 0 Å². The first-order valence-corrected chi connectivity index (χ1v) is 1.75. The fraction of sp³-hybridized carbons (Fsp3) is 0.667. The number of hydrogen-bond acceptors (Lipinski definition) is 2.